The summed E-state index contributed by atoms with van der Waals surface area (Å²) in [6, 6.07) is 16.7. The number of benzene rings is 6. The van der Waals surface area contributed by atoms with Gasteiger partial charge in [-0.15, -0.1) is 23.2 Å². The van der Waals surface area contributed by atoms with E-state index in [1.54, 1.807) is 12.1 Å². The number of carbonyl (C=O) groups excluding carboxylic acids is 1. The molecule has 9 rings (SSSR count). The number of urea groups is 1. The number of aromatic nitrogens is 6. The quantitative estimate of drug-likeness (QED) is 0.00754. The van der Waals surface area contributed by atoms with E-state index in [0.29, 0.717) is 92.2 Å². The van der Waals surface area contributed by atoms with Crippen molar-refractivity contribution in [2.45, 2.75) is 29.4 Å². The van der Waals surface area contributed by atoms with E-state index in [-0.39, 0.29) is 88.0 Å². The van der Waals surface area contributed by atoms with E-state index in [2.05, 4.69) is 105 Å². The highest BCUT2D eigenvalue weighted by Gasteiger charge is 2.25. The zero-order chi connectivity index (χ0) is 64.5. The summed E-state index contributed by atoms with van der Waals surface area (Å²) in [6.45, 7) is 2.91. The number of hydrogen-bond donors (Lipinski definition) is 14. The monoisotopic (exact) mass is 1400 g/mol. The lowest BCUT2D eigenvalue weighted by atomic mass is 10.1. The standard InChI is InChI=1S/C45H41Cl2N17O20S6/c46-39-53-42(57-43(54-39)50-23-1-4-27-21(13-23)15-34(87-84-81-69)37(38(27)65)62-61-31-18-25(85-82-79-67)3-6-35(31)89(73,74)75)49-7-8-63-9-11-64(12-10-63)45-56-40(47)55-44(58-45)51-24-2-5-29(30(17-24)52-41(48)66)59-60-32-20-28-22(16-36(32)90(76,77)78)14-26(88(70,71)72)19-33(28)86-83-80-68/h1-6,13-20,59-60,65,67-69H,7-12H2,(H3,48,52,66)(H,70,71,72)(H,73,74,75)(H,76,77,78)(H,51,55,56,58)(H2,49,50,53,54,57). The fraction of sp³-hybridized carbons (Fsp3) is 0.133. The van der Waals surface area contributed by atoms with Crippen molar-refractivity contribution >= 4 is 181 Å². The summed E-state index contributed by atoms with van der Waals surface area (Å²) in [6.07, 6.45) is 0. The van der Waals surface area contributed by atoms with Gasteiger partial charge in [-0.05, 0) is 124 Å². The van der Waals surface area contributed by atoms with Gasteiger partial charge in [-0.1, -0.05) is 15.1 Å². The van der Waals surface area contributed by atoms with Gasteiger partial charge in [0.05, 0.1) is 63.0 Å². The molecular formula is C45H41Cl2N17O20S6. The maximum Gasteiger partial charge on any atom is 0.316 e. The summed E-state index contributed by atoms with van der Waals surface area (Å²) in [4.78, 5) is 40.0. The van der Waals surface area contributed by atoms with Gasteiger partial charge in [-0.25, -0.2) is 20.6 Å². The lowest BCUT2D eigenvalue weighted by molar-refractivity contribution is -0.432. The Kier molecular flexibility index (Phi) is 21.5. The van der Waals surface area contributed by atoms with Gasteiger partial charge in [0, 0.05) is 65.8 Å². The van der Waals surface area contributed by atoms with E-state index in [1.807, 2.05) is 4.90 Å². The topological polar surface area (TPSA) is 523 Å². The number of hydrogen-bond acceptors (Lipinski definition) is 35. The summed E-state index contributed by atoms with van der Waals surface area (Å²) in [5.41, 5.74) is 10.6. The highest BCUT2D eigenvalue weighted by Crippen LogP contribution is 2.46. The number of hydrazine groups is 1. The number of anilines is 9. The number of nitrogens with one attached hydrogen (secondary N) is 6. The van der Waals surface area contributed by atoms with Crippen LogP contribution in [-0.4, -0.2) is 140 Å². The van der Waals surface area contributed by atoms with Crippen molar-refractivity contribution in [3.8, 4) is 5.75 Å². The van der Waals surface area contributed by atoms with E-state index in [4.69, 9.17) is 44.7 Å². The molecule has 45 heteroatoms. The molecule has 0 saturated carbocycles. The molecule has 476 valence electrons. The predicted molar refractivity (Wildman–Crippen MR) is 322 cm³/mol. The van der Waals surface area contributed by atoms with Gasteiger partial charge in [0.15, 0.2) is 5.75 Å². The van der Waals surface area contributed by atoms with Crippen LogP contribution in [0.15, 0.2) is 125 Å². The third-order valence-electron chi connectivity index (χ3n) is 12.2. The summed E-state index contributed by atoms with van der Waals surface area (Å²) >= 11 is 13.9. The Morgan fingerprint density at radius 2 is 1.23 bits per heavy atom. The highest BCUT2D eigenvalue weighted by atomic mass is 35.5. The fourth-order valence-electron chi connectivity index (χ4n) is 8.44. The van der Waals surface area contributed by atoms with E-state index < -0.39 is 62.5 Å². The molecule has 37 nitrogen and oxygen atoms in total. The average molecular weight is 1400 g/mol. The van der Waals surface area contributed by atoms with Crippen molar-refractivity contribution in [3.63, 3.8) is 0 Å². The number of halogens is 2. The number of carbonyl (C=O) groups is 1. The number of amides is 2. The van der Waals surface area contributed by atoms with Gasteiger partial charge in [-0.2, -0.15) is 55.2 Å². The molecule has 6 aromatic carbocycles. The van der Waals surface area contributed by atoms with Gasteiger partial charge < -0.3 is 37.0 Å². The van der Waals surface area contributed by atoms with E-state index in [0.717, 1.165) is 36.4 Å². The van der Waals surface area contributed by atoms with Crippen LogP contribution in [0, 0.1) is 0 Å². The predicted octanol–water partition coefficient (Wildman–Crippen LogP) is 8.47. The molecule has 1 aliphatic heterocycles. The molecule has 1 saturated heterocycles. The van der Waals surface area contributed by atoms with Crippen molar-refractivity contribution in [1.29, 1.82) is 0 Å². The van der Waals surface area contributed by atoms with Crippen LogP contribution in [0.1, 0.15) is 0 Å². The summed E-state index contributed by atoms with van der Waals surface area (Å²) in [5.74, 6) is -0.0559. The number of phenolic OH excluding ortho intramolecular Hbond substituents is 1. The minimum Gasteiger partial charge on any atom is -0.505 e. The number of fused-ring (bicyclic) bond motifs is 2. The first-order valence-corrected chi connectivity index (χ1v) is 31.8. The van der Waals surface area contributed by atoms with Gasteiger partial charge in [0.1, 0.15) is 21.2 Å². The number of aromatic hydroxyl groups is 1. The molecule has 3 heterocycles. The molecule has 0 atom stereocenters. The van der Waals surface area contributed by atoms with Crippen molar-refractivity contribution in [3.05, 3.63) is 95.5 Å². The largest absolute Gasteiger partial charge is 0.505 e. The molecule has 0 unspecified atom stereocenters. The van der Waals surface area contributed by atoms with Gasteiger partial charge in [0.2, 0.25) is 34.4 Å². The Labute approximate surface area is 528 Å². The van der Waals surface area contributed by atoms with Crippen LogP contribution in [0.25, 0.3) is 21.5 Å². The number of rotatable bonds is 27. The number of nitrogens with two attached hydrogens (primary N) is 1. The Balaban J connectivity index is 0.821. The molecule has 15 N–H and O–H groups in total. The number of piperazine rings is 1. The Bertz CT molecular complexity index is 4420. The summed E-state index contributed by atoms with van der Waals surface area (Å²) < 4.78 is 116. The smallest absolute Gasteiger partial charge is 0.316 e. The second kappa shape index (κ2) is 29.1. The molecule has 2 aromatic heterocycles. The van der Waals surface area contributed by atoms with Crippen molar-refractivity contribution in [2.24, 2.45) is 16.0 Å². The summed E-state index contributed by atoms with van der Waals surface area (Å²) in [7, 11) is -14.7. The summed E-state index contributed by atoms with van der Waals surface area (Å²) in [5, 5.41) is 68.3. The second-order valence-corrected chi connectivity index (χ2v) is 25.1. The number of nitrogens with zero attached hydrogens (tertiary/aromatic N) is 10. The van der Waals surface area contributed by atoms with Gasteiger partial charge in [-0.3, -0.25) is 29.4 Å². The Morgan fingerprint density at radius 1 is 0.611 bits per heavy atom. The lowest BCUT2D eigenvalue weighted by Crippen LogP contribution is -2.48. The van der Waals surface area contributed by atoms with Crippen LogP contribution in [0.2, 0.25) is 10.6 Å². The molecule has 8 aromatic rings. The number of phenols is 1. The average Bonchev–Trinajstić information content (AvgIpc) is 0.818. The Hall–Kier alpha value is -7.71. The Morgan fingerprint density at radius 3 is 1.91 bits per heavy atom. The molecule has 0 bridgehead atoms. The first-order chi connectivity index (χ1) is 42.8. The van der Waals surface area contributed by atoms with Gasteiger partial charge in [0.25, 0.3) is 30.4 Å². The molecule has 0 radical (unpaired) electrons. The highest BCUT2D eigenvalue weighted by molar-refractivity contribution is 7.95. The van der Waals surface area contributed by atoms with E-state index >= 15 is 0 Å². The van der Waals surface area contributed by atoms with Crippen LogP contribution >= 0.6 is 59.3 Å². The maximum absolute atomic E-state index is 12.6. The third-order valence-corrected chi connectivity index (χ3v) is 17.0. The molecule has 1 aliphatic rings. The molecule has 1 fully saturated rings. The first kappa shape index (κ1) is 66.7. The molecule has 0 aliphatic carbocycles. The number of azo groups is 1. The van der Waals surface area contributed by atoms with Crippen LogP contribution in [0.5, 0.6) is 5.75 Å². The van der Waals surface area contributed by atoms with Crippen molar-refractivity contribution in [1.82, 2.24) is 34.8 Å². The SMILES string of the molecule is NC(=O)Nc1cc(Nc2nc(Cl)nc(N3CCN(CCNc4nc(Cl)nc(Nc5ccc6c(O)c(N=Nc7cc(SOOO)ccc7S(=O)(=O)O)c(SOOO)cc6c5)n4)CC3)n2)ccc1NNc1cc2c(SOOO)cc(S(=O)(=O)O)cc2cc1S(=O)(=O)O. The van der Waals surface area contributed by atoms with Crippen LogP contribution < -0.4 is 42.8 Å². The van der Waals surface area contributed by atoms with Gasteiger partial charge >= 0.3 is 6.03 Å². The van der Waals surface area contributed by atoms with Crippen LogP contribution in [0.4, 0.5) is 68.4 Å². The van der Waals surface area contributed by atoms with Crippen molar-refractivity contribution < 1.29 is 92.7 Å². The zero-order valence-corrected chi connectivity index (χ0v) is 50.9. The molecular weight excluding hydrogens is 1360 g/mol. The molecule has 2 amide bonds. The first-order valence-electron chi connectivity index (χ1n) is 24.5. The number of primary amides is 1. The van der Waals surface area contributed by atoms with Crippen LogP contribution in [0.3, 0.4) is 0 Å². The van der Waals surface area contributed by atoms with Crippen molar-refractivity contribution in [2.75, 3.05) is 76.3 Å². The normalized spacial score (nSPS) is 13.3. The van der Waals surface area contributed by atoms with Crippen LogP contribution in [-0.2, 0) is 58.5 Å². The fourth-order valence-corrected chi connectivity index (χ4v) is 12.1. The zero-order valence-electron chi connectivity index (χ0n) is 44.5. The molecule has 90 heavy (non-hydrogen) atoms. The lowest BCUT2D eigenvalue weighted by Gasteiger charge is -2.34. The minimum absolute atomic E-state index is 0.00201. The maximum atomic E-state index is 12.6. The van der Waals surface area contributed by atoms with E-state index in [9.17, 15) is 48.8 Å². The second-order valence-electron chi connectivity index (χ2n) is 17.9. The van der Waals surface area contributed by atoms with E-state index in [1.165, 1.54) is 36.4 Å². The minimum atomic E-state index is -5.04. The third kappa shape index (κ3) is 17.2. The molecule has 0 spiro atoms.